The Hall–Kier alpha value is -3.81. The van der Waals surface area contributed by atoms with Gasteiger partial charge in [0.1, 0.15) is 11.5 Å². The van der Waals surface area contributed by atoms with Crippen LogP contribution in [0.3, 0.4) is 0 Å². The van der Waals surface area contributed by atoms with Crippen molar-refractivity contribution in [2.75, 3.05) is 10.6 Å². The third kappa shape index (κ3) is 5.13. The number of rotatable bonds is 6. The number of carbonyl (C=O) groups is 2. The Labute approximate surface area is 166 Å². The van der Waals surface area contributed by atoms with Crippen LogP contribution in [0.15, 0.2) is 65.5 Å². The highest BCUT2D eigenvalue weighted by atomic mass is 19.1. The number of hydrogen-bond acceptors (Lipinski definition) is 4. The van der Waals surface area contributed by atoms with E-state index >= 15 is 0 Å². The van der Waals surface area contributed by atoms with Crippen LogP contribution in [-0.2, 0) is 6.54 Å². The lowest BCUT2D eigenvalue weighted by Gasteiger charge is -2.09. The Morgan fingerprint density at radius 1 is 0.966 bits per heavy atom. The van der Waals surface area contributed by atoms with Gasteiger partial charge in [-0.2, -0.15) is 5.10 Å². The number of aromatic nitrogens is 2. The van der Waals surface area contributed by atoms with Crippen LogP contribution in [0.25, 0.3) is 0 Å². The highest BCUT2D eigenvalue weighted by Crippen LogP contribution is 2.15. The standard InChI is InChI=1S/C21H19FN4O3/c1-2-11-26-19(27)10-9-18(25-26)21(29)24-16-7-3-5-14(12-16)20(28)23-17-8-4-6-15(22)13-17/h3-10,12-13H,2,11H2,1H3,(H,23,28)(H,24,29). The normalized spacial score (nSPS) is 10.4. The summed E-state index contributed by atoms with van der Waals surface area (Å²) < 4.78 is 14.5. The molecule has 29 heavy (non-hydrogen) atoms. The van der Waals surface area contributed by atoms with E-state index in [0.29, 0.717) is 24.3 Å². The van der Waals surface area contributed by atoms with Crippen molar-refractivity contribution in [2.45, 2.75) is 19.9 Å². The van der Waals surface area contributed by atoms with Crippen molar-refractivity contribution in [3.05, 3.63) is 88.1 Å². The van der Waals surface area contributed by atoms with Crippen LogP contribution in [0.5, 0.6) is 0 Å². The highest BCUT2D eigenvalue weighted by Gasteiger charge is 2.12. The SMILES string of the molecule is CCCn1nc(C(=O)Nc2cccc(C(=O)Nc3cccc(F)c3)c2)ccc1=O. The average molecular weight is 394 g/mol. The molecule has 0 aliphatic carbocycles. The second kappa shape index (κ2) is 8.92. The molecule has 0 bridgehead atoms. The minimum Gasteiger partial charge on any atom is -0.322 e. The van der Waals surface area contributed by atoms with E-state index in [4.69, 9.17) is 0 Å². The van der Waals surface area contributed by atoms with Crippen molar-refractivity contribution >= 4 is 23.2 Å². The number of hydrogen-bond donors (Lipinski definition) is 2. The molecular formula is C21H19FN4O3. The molecule has 0 radical (unpaired) electrons. The minimum atomic E-state index is -0.502. The molecule has 2 N–H and O–H groups in total. The predicted octanol–water partition coefficient (Wildman–Crippen LogP) is 3.30. The fraction of sp³-hybridized carbons (Fsp3) is 0.143. The molecule has 148 valence electrons. The van der Waals surface area contributed by atoms with Crippen molar-refractivity contribution < 1.29 is 14.0 Å². The van der Waals surface area contributed by atoms with Gasteiger partial charge in [-0.25, -0.2) is 9.07 Å². The Bertz CT molecular complexity index is 1110. The number of halogens is 1. The van der Waals surface area contributed by atoms with Gasteiger partial charge in [-0.3, -0.25) is 14.4 Å². The molecule has 3 rings (SSSR count). The summed E-state index contributed by atoms with van der Waals surface area (Å²) in [5.41, 5.74) is 0.812. The van der Waals surface area contributed by atoms with E-state index in [1.54, 1.807) is 24.3 Å². The minimum absolute atomic E-state index is 0.0904. The summed E-state index contributed by atoms with van der Waals surface area (Å²) in [6, 6.07) is 14.5. The number of anilines is 2. The van der Waals surface area contributed by atoms with Gasteiger partial charge in [0.25, 0.3) is 17.4 Å². The molecule has 0 saturated carbocycles. The first kappa shape index (κ1) is 19.9. The fourth-order valence-corrected chi connectivity index (χ4v) is 2.64. The zero-order chi connectivity index (χ0) is 20.8. The predicted molar refractivity (Wildman–Crippen MR) is 108 cm³/mol. The Balaban J connectivity index is 1.74. The van der Waals surface area contributed by atoms with Gasteiger partial charge in [-0.15, -0.1) is 0 Å². The molecule has 0 spiro atoms. The van der Waals surface area contributed by atoms with Crippen molar-refractivity contribution in [3.8, 4) is 0 Å². The number of benzene rings is 2. The molecule has 3 aromatic rings. The van der Waals surface area contributed by atoms with Gasteiger partial charge in [-0.05, 0) is 48.9 Å². The topological polar surface area (TPSA) is 93.1 Å². The van der Waals surface area contributed by atoms with Crippen LogP contribution in [0.1, 0.15) is 34.2 Å². The molecule has 2 aromatic carbocycles. The summed E-state index contributed by atoms with van der Waals surface area (Å²) in [6.07, 6.45) is 0.709. The molecule has 0 saturated heterocycles. The van der Waals surface area contributed by atoms with E-state index in [9.17, 15) is 18.8 Å². The molecule has 0 aliphatic heterocycles. The molecule has 0 atom stereocenters. The van der Waals surface area contributed by atoms with Crippen LogP contribution < -0.4 is 16.2 Å². The van der Waals surface area contributed by atoms with Gasteiger partial charge in [0.2, 0.25) is 0 Å². The number of aryl methyl sites for hydroxylation is 1. The molecule has 1 aromatic heterocycles. The van der Waals surface area contributed by atoms with Crippen LogP contribution in [0.2, 0.25) is 0 Å². The lowest BCUT2D eigenvalue weighted by Crippen LogP contribution is -2.26. The molecule has 7 nitrogen and oxygen atoms in total. The summed E-state index contributed by atoms with van der Waals surface area (Å²) in [5, 5.41) is 9.31. The summed E-state index contributed by atoms with van der Waals surface area (Å²) >= 11 is 0. The van der Waals surface area contributed by atoms with E-state index in [1.165, 1.54) is 41.1 Å². The third-order valence-corrected chi connectivity index (χ3v) is 4.00. The molecular weight excluding hydrogens is 375 g/mol. The largest absolute Gasteiger partial charge is 0.322 e. The zero-order valence-corrected chi connectivity index (χ0v) is 15.7. The molecule has 2 amide bonds. The Morgan fingerprint density at radius 3 is 2.38 bits per heavy atom. The monoisotopic (exact) mass is 394 g/mol. The number of carbonyl (C=O) groups excluding carboxylic acids is 2. The molecule has 0 fully saturated rings. The van der Waals surface area contributed by atoms with E-state index in [1.807, 2.05) is 6.92 Å². The lowest BCUT2D eigenvalue weighted by molar-refractivity contribution is 0.101. The molecule has 8 heteroatoms. The van der Waals surface area contributed by atoms with Crippen LogP contribution in [0.4, 0.5) is 15.8 Å². The number of amides is 2. The number of nitrogens with one attached hydrogen (secondary N) is 2. The Kier molecular flexibility index (Phi) is 6.13. The van der Waals surface area contributed by atoms with Crippen molar-refractivity contribution in [3.63, 3.8) is 0 Å². The number of nitrogens with zero attached hydrogens (tertiary/aromatic N) is 2. The van der Waals surface area contributed by atoms with Crippen LogP contribution in [-0.4, -0.2) is 21.6 Å². The van der Waals surface area contributed by atoms with E-state index in [-0.39, 0.29) is 16.8 Å². The van der Waals surface area contributed by atoms with Crippen molar-refractivity contribution in [2.24, 2.45) is 0 Å². The summed E-state index contributed by atoms with van der Waals surface area (Å²) in [5.74, 6) is -1.40. The van der Waals surface area contributed by atoms with Gasteiger partial charge in [0.05, 0.1) is 0 Å². The summed E-state index contributed by atoms with van der Waals surface area (Å²) in [6.45, 7) is 2.32. The van der Waals surface area contributed by atoms with E-state index in [2.05, 4.69) is 15.7 Å². The second-order valence-electron chi connectivity index (χ2n) is 6.28. The van der Waals surface area contributed by atoms with E-state index in [0.717, 1.165) is 0 Å². The first-order chi connectivity index (χ1) is 14.0. The maximum Gasteiger partial charge on any atom is 0.276 e. The van der Waals surface area contributed by atoms with Crippen LogP contribution in [0, 0.1) is 5.82 Å². The average Bonchev–Trinajstić information content (AvgIpc) is 2.70. The summed E-state index contributed by atoms with van der Waals surface area (Å²) in [4.78, 5) is 36.6. The lowest BCUT2D eigenvalue weighted by atomic mass is 10.1. The maximum absolute atomic E-state index is 13.3. The van der Waals surface area contributed by atoms with Crippen molar-refractivity contribution in [1.82, 2.24) is 9.78 Å². The van der Waals surface area contributed by atoms with Gasteiger partial charge in [0, 0.05) is 29.5 Å². The van der Waals surface area contributed by atoms with E-state index < -0.39 is 17.6 Å². The molecule has 0 unspecified atom stereocenters. The van der Waals surface area contributed by atoms with Gasteiger partial charge >= 0.3 is 0 Å². The quantitative estimate of drug-likeness (QED) is 0.671. The van der Waals surface area contributed by atoms with Gasteiger partial charge in [-0.1, -0.05) is 19.1 Å². The fourth-order valence-electron chi connectivity index (χ4n) is 2.64. The smallest absolute Gasteiger partial charge is 0.276 e. The maximum atomic E-state index is 13.3. The van der Waals surface area contributed by atoms with Crippen molar-refractivity contribution in [1.29, 1.82) is 0 Å². The second-order valence-corrected chi connectivity index (χ2v) is 6.28. The third-order valence-electron chi connectivity index (χ3n) is 4.00. The zero-order valence-electron chi connectivity index (χ0n) is 15.7. The van der Waals surface area contributed by atoms with Gasteiger partial charge < -0.3 is 10.6 Å². The molecule has 0 aliphatic rings. The van der Waals surface area contributed by atoms with Crippen LogP contribution >= 0.6 is 0 Å². The first-order valence-electron chi connectivity index (χ1n) is 9.03. The first-order valence-corrected chi connectivity index (χ1v) is 9.03. The summed E-state index contributed by atoms with van der Waals surface area (Å²) in [7, 11) is 0. The van der Waals surface area contributed by atoms with Gasteiger partial charge in [0.15, 0.2) is 0 Å². The highest BCUT2D eigenvalue weighted by molar-refractivity contribution is 6.06. The Morgan fingerprint density at radius 2 is 1.66 bits per heavy atom. The molecule has 1 heterocycles.